The van der Waals surface area contributed by atoms with Gasteiger partial charge in [0.05, 0.1) is 6.10 Å². The predicted octanol–water partition coefficient (Wildman–Crippen LogP) is 0.308. The number of aliphatic hydroxyl groups excluding tert-OH is 4. The van der Waals surface area contributed by atoms with Crippen LogP contribution in [-0.2, 0) is 16.0 Å². The fourth-order valence-electron chi connectivity index (χ4n) is 3.24. The van der Waals surface area contributed by atoms with Gasteiger partial charge in [-0.15, -0.1) is 0 Å². The standard InChI is InChI=1S/C24H31NO9/c1-13(2-3-14-4-8-16(26)9-5-14)25-12-18(27)15-6-10-17(11-7-15)33-24-21(30)19(28)20(29)22(34-24)23(31)32/h4-11,13,18-22,24-30H,2-3,12H2,1H3,(H,31,32)/t13?,18?,19-,20-,21+,22-,24+/m0/s1/i1D3,2D2,13D. The summed E-state index contributed by atoms with van der Waals surface area (Å²) in [5.41, 5.74) is 0.571. The van der Waals surface area contributed by atoms with Crippen molar-refractivity contribution in [1.82, 2.24) is 5.32 Å². The van der Waals surface area contributed by atoms with E-state index in [-0.39, 0.29) is 17.1 Å². The highest BCUT2D eigenvalue weighted by Gasteiger charge is 2.48. The molecule has 1 heterocycles. The molecule has 10 nitrogen and oxygen atoms in total. The third-order valence-corrected chi connectivity index (χ3v) is 5.21. The number of rotatable bonds is 10. The van der Waals surface area contributed by atoms with Crippen LogP contribution in [0.25, 0.3) is 0 Å². The number of nitrogens with one attached hydrogen (secondary N) is 1. The number of carboxylic acid groups (broad SMARTS) is 1. The molecule has 0 aromatic heterocycles. The molecule has 7 N–H and O–H groups in total. The maximum atomic E-state index is 11.2. The fraction of sp³-hybridized carbons (Fsp3) is 0.458. The number of carbonyl (C=O) groups is 1. The van der Waals surface area contributed by atoms with E-state index in [1.807, 2.05) is 0 Å². The van der Waals surface area contributed by atoms with Gasteiger partial charge >= 0.3 is 5.97 Å². The van der Waals surface area contributed by atoms with Crippen molar-refractivity contribution in [3.8, 4) is 11.5 Å². The lowest BCUT2D eigenvalue weighted by molar-refractivity contribution is -0.271. The highest BCUT2D eigenvalue weighted by Crippen LogP contribution is 2.25. The summed E-state index contributed by atoms with van der Waals surface area (Å²) in [5.74, 6) is -1.60. The van der Waals surface area contributed by atoms with Crippen LogP contribution in [0, 0.1) is 0 Å². The molecule has 1 saturated heterocycles. The number of aliphatic hydroxyl groups is 4. The molecule has 1 aliphatic rings. The Hall–Kier alpha value is -2.73. The van der Waals surface area contributed by atoms with E-state index < -0.39 is 75.0 Å². The van der Waals surface area contributed by atoms with Gasteiger partial charge < -0.3 is 45.4 Å². The maximum Gasteiger partial charge on any atom is 0.335 e. The third-order valence-electron chi connectivity index (χ3n) is 5.21. The first-order valence-electron chi connectivity index (χ1n) is 13.4. The van der Waals surface area contributed by atoms with Gasteiger partial charge in [-0.1, -0.05) is 24.3 Å². The molecule has 2 aromatic carbocycles. The second kappa shape index (κ2) is 11.6. The lowest BCUT2D eigenvalue weighted by Crippen LogP contribution is -2.61. The highest BCUT2D eigenvalue weighted by molar-refractivity contribution is 5.73. The Morgan fingerprint density at radius 2 is 1.82 bits per heavy atom. The molecule has 1 aliphatic heterocycles. The Morgan fingerprint density at radius 1 is 1.15 bits per heavy atom. The van der Waals surface area contributed by atoms with E-state index in [0.29, 0.717) is 5.56 Å². The number of phenols is 1. The van der Waals surface area contributed by atoms with Crippen molar-refractivity contribution in [3.05, 3.63) is 59.7 Å². The average Bonchev–Trinajstić information content (AvgIpc) is 2.88. The smallest absolute Gasteiger partial charge is 0.335 e. The molecule has 10 heteroatoms. The lowest BCUT2D eigenvalue weighted by atomic mass is 9.99. The number of aryl methyl sites for hydroxylation is 1. The number of ether oxygens (including phenoxy) is 2. The van der Waals surface area contributed by atoms with Crippen LogP contribution in [0.4, 0.5) is 0 Å². The molecular weight excluding hydrogens is 446 g/mol. The van der Waals surface area contributed by atoms with Crippen molar-refractivity contribution >= 4 is 5.97 Å². The molecule has 3 rings (SSSR count). The van der Waals surface area contributed by atoms with Crippen molar-refractivity contribution in [2.75, 3.05) is 6.54 Å². The van der Waals surface area contributed by atoms with Crippen LogP contribution in [0.15, 0.2) is 48.5 Å². The summed E-state index contributed by atoms with van der Waals surface area (Å²) in [5, 5.41) is 61.3. The summed E-state index contributed by atoms with van der Waals surface area (Å²) in [6.07, 6.45) is -13.5. The van der Waals surface area contributed by atoms with Gasteiger partial charge in [-0.25, -0.2) is 4.79 Å². The summed E-state index contributed by atoms with van der Waals surface area (Å²) in [6.45, 7) is -3.66. The van der Waals surface area contributed by atoms with Gasteiger partial charge in [-0.2, -0.15) is 0 Å². The SMILES string of the molecule is [2H]C([2H])([2H])C([2H])(NCC(O)c1ccc(O[C@@H]2O[C@H](C(=O)O)[C@@H](O)[C@H](O)[C@H]2O)cc1)C([2H])([2H])Cc1ccc(O)cc1. The second-order valence-corrected chi connectivity index (χ2v) is 7.71. The molecule has 2 unspecified atom stereocenters. The van der Waals surface area contributed by atoms with Gasteiger partial charge in [-0.05, 0) is 55.0 Å². The number of carboxylic acids is 1. The van der Waals surface area contributed by atoms with Crippen LogP contribution in [-0.4, -0.2) is 79.9 Å². The maximum absolute atomic E-state index is 11.2. The van der Waals surface area contributed by atoms with Crippen molar-refractivity contribution in [3.63, 3.8) is 0 Å². The molecule has 0 spiro atoms. The molecule has 2 aromatic rings. The van der Waals surface area contributed by atoms with Crippen molar-refractivity contribution in [2.45, 2.75) is 62.5 Å². The summed E-state index contributed by atoms with van der Waals surface area (Å²) < 4.78 is 59.3. The predicted molar refractivity (Wildman–Crippen MR) is 120 cm³/mol. The molecule has 7 atom stereocenters. The van der Waals surface area contributed by atoms with E-state index in [4.69, 9.17) is 22.8 Å². The Kier molecular flexibility index (Phi) is 6.34. The van der Waals surface area contributed by atoms with Crippen molar-refractivity contribution in [1.29, 1.82) is 0 Å². The molecular formula is C24H31NO9. The zero-order chi connectivity index (χ0) is 30.0. The van der Waals surface area contributed by atoms with Crippen LogP contribution in [0.1, 0.15) is 38.7 Å². The third kappa shape index (κ3) is 6.66. The van der Waals surface area contributed by atoms with Gasteiger partial charge in [0.1, 0.15) is 29.8 Å². The van der Waals surface area contributed by atoms with Crippen molar-refractivity contribution in [2.24, 2.45) is 0 Å². The first-order chi connectivity index (χ1) is 18.5. The number of hydrogen-bond donors (Lipinski definition) is 7. The van der Waals surface area contributed by atoms with E-state index in [2.05, 4.69) is 5.32 Å². The van der Waals surface area contributed by atoms with E-state index in [0.717, 1.165) is 0 Å². The van der Waals surface area contributed by atoms with Gasteiger partial charge in [-0.3, -0.25) is 0 Å². The van der Waals surface area contributed by atoms with Crippen LogP contribution in [0.2, 0.25) is 0 Å². The summed E-state index contributed by atoms with van der Waals surface area (Å²) in [6, 6.07) is 7.94. The van der Waals surface area contributed by atoms with Crippen molar-refractivity contribution < 1.29 is 53.1 Å². The first kappa shape index (κ1) is 18.6. The monoisotopic (exact) mass is 483 g/mol. The topological polar surface area (TPSA) is 169 Å². The van der Waals surface area contributed by atoms with Gasteiger partial charge in [0.15, 0.2) is 6.10 Å². The lowest BCUT2D eigenvalue weighted by Gasteiger charge is -2.38. The number of hydrogen-bond acceptors (Lipinski definition) is 9. The zero-order valence-corrected chi connectivity index (χ0v) is 17.9. The zero-order valence-electron chi connectivity index (χ0n) is 23.9. The van der Waals surface area contributed by atoms with Crippen LogP contribution in [0.5, 0.6) is 11.5 Å². The van der Waals surface area contributed by atoms with E-state index in [9.17, 15) is 30.3 Å². The van der Waals surface area contributed by atoms with Crippen LogP contribution < -0.4 is 10.1 Å². The highest BCUT2D eigenvalue weighted by atomic mass is 16.7. The second-order valence-electron chi connectivity index (χ2n) is 7.71. The molecule has 0 radical (unpaired) electrons. The molecule has 34 heavy (non-hydrogen) atoms. The van der Waals surface area contributed by atoms with E-state index in [1.54, 1.807) is 0 Å². The molecule has 1 fully saturated rings. The number of benzene rings is 2. The number of aromatic hydroxyl groups is 1. The Balaban J connectivity index is 1.69. The van der Waals surface area contributed by atoms with Gasteiger partial charge in [0.2, 0.25) is 6.29 Å². The number of phenolic OH excluding ortho intramolecular Hbond substituents is 1. The first-order valence-corrected chi connectivity index (χ1v) is 10.4. The quantitative estimate of drug-likeness (QED) is 0.250. The minimum absolute atomic E-state index is 0.0308. The largest absolute Gasteiger partial charge is 0.508 e. The van der Waals surface area contributed by atoms with E-state index in [1.165, 1.54) is 48.5 Å². The minimum Gasteiger partial charge on any atom is -0.508 e. The summed E-state index contributed by atoms with van der Waals surface area (Å²) >= 11 is 0. The fourth-order valence-corrected chi connectivity index (χ4v) is 3.24. The molecule has 0 bridgehead atoms. The molecule has 0 saturated carbocycles. The van der Waals surface area contributed by atoms with Crippen LogP contribution in [0.3, 0.4) is 0 Å². The summed E-state index contributed by atoms with van der Waals surface area (Å²) in [7, 11) is 0. The normalized spacial score (nSPS) is 30.9. The Labute approximate surface area is 205 Å². The van der Waals surface area contributed by atoms with E-state index >= 15 is 0 Å². The molecule has 0 aliphatic carbocycles. The summed E-state index contributed by atoms with van der Waals surface area (Å²) in [4.78, 5) is 11.2. The van der Waals surface area contributed by atoms with Gasteiger partial charge in [0.25, 0.3) is 0 Å². The Morgan fingerprint density at radius 3 is 2.44 bits per heavy atom. The van der Waals surface area contributed by atoms with Gasteiger partial charge in [0, 0.05) is 20.8 Å². The van der Waals surface area contributed by atoms with Crippen LogP contribution >= 0.6 is 0 Å². The Bertz CT molecular complexity index is 1150. The minimum atomic E-state index is -3.14. The molecule has 0 amide bonds. The average molecular weight is 484 g/mol. The number of aliphatic carboxylic acids is 1. The molecule has 186 valence electrons.